The molecule has 1 aliphatic heterocycles. The van der Waals surface area contributed by atoms with Crippen molar-refractivity contribution in [3.05, 3.63) is 30.1 Å². The first-order valence-electron chi connectivity index (χ1n) is 6.86. The van der Waals surface area contributed by atoms with E-state index in [-0.39, 0.29) is 11.9 Å². The predicted octanol–water partition coefficient (Wildman–Crippen LogP) is 0.463. The van der Waals surface area contributed by atoms with Crippen LogP contribution in [0.2, 0.25) is 0 Å². The Hall–Kier alpha value is -1.46. The van der Waals surface area contributed by atoms with Gasteiger partial charge < -0.3 is 10.6 Å². The highest BCUT2D eigenvalue weighted by Gasteiger charge is 2.24. The molecule has 5 heteroatoms. The van der Waals surface area contributed by atoms with Crippen LogP contribution in [0.5, 0.6) is 0 Å². The van der Waals surface area contributed by atoms with Crippen LogP contribution in [0, 0.1) is 0 Å². The summed E-state index contributed by atoms with van der Waals surface area (Å²) in [5.41, 5.74) is 7.01. The van der Waals surface area contributed by atoms with E-state index in [0.29, 0.717) is 6.42 Å². The molecule has 5 nitrogen and oxygen atoms in total. The van der Waals surface area contributed by atoms with E-state index in [0.717, 1.165) is 32.7 Å². The average Bonchev–Trinajstić information content (AvgIpc) is 2.47. The van der Waals surface area contributed by atoms with Crippen molar-refractivity contribution in [2.24, 2.45) is 5.73 Å². The molecule has 1 atom stereocenters. The minimum atomic E-state index is -0.343. The van der Waals surface area contributed by atoms with Crippen LogP contribution in [0.25, 0.3) is 0 Å². The van der Waals surface area contributed by atoms with Crippen LogP contribution in [0.15, 0.2) is 24.5 Å². The van der Waals surface area contributed by atoms with Gasteiger partial charge in [0.05, 0.1) is 6.04 Å². The number of piperazine rings is 1. The van der Waals surface area contributed by atoms with E-state index in [1.807, 2.05) is 24.1 Å². The largest absolute Gasteiger partial charge is 0.339 e. The molecule has 1 fully saturated rings. The van der Waals surface area contributed by atoms with E-state index in [9.17, 15) is 4.79 Å². The van der Waals surface area contributed by atoms with Crippen molar-refractivity contribution < 1.29 is 4.79 Å². The smallest absolute Gasteiger partial charge is 0.239 e. The SMILES string of the molecule is CC[C@H](N)C(=O)N1CCN(Cc2cccnc2)CC1. The molecule has 1 aliphatic rings. The Bertz CT molecular complexity index is 401. The lowest BCUT2D eigenvalue weighted by Crippen LogP contribution is -2.52. The third kappa shape index (κ3) is 3.75. The lowest BCUT2D eigenvalue weighted by atomic mass is 10.2. The maximum absolute atomic E-state index is 12.0. The van der Waals surface area contributed by atoms with Gasteiger partial charge in [0.2, 0.25) is 5.91 Å². The Morgan fingerprint density at radius 1 is 1.42 bits per heavy atom. The van der Waals surface area contributed by atoms with Gasteiger partial charge in [-0.2, -0.15) is 0 Å². The normalized spacial score (nSPS) is 18.3. The van der Waals surface area contributed by atoms with Gasteiger partial charge in [0.1, 0.15) is 0 Å². The molecule has 1 saturated heterocycles. The molecular formula is C14H22N4O. The van der Waals surface area contributed by atoms with Gasteiger partial charge in [-0.3, -0.25) is 14.7 Å². The van der Waals surface area contributed by atoms with Crippen LogP contribution in [-0.2, 0) is 11.3 Å². The van der Waals surface area contributed by atoms with Gasteiger partial charge in [-0.15, -0.1) is 0 Å². The highest BCUT2D eigenvalue weighted by atomic mass is 16.2. The highest BCUT2D eigenvalue weighted by molar-refractivity contribution is 5.81. The summed E-state index contributed by atoms with van der Waals surface area (Å²) in [6.07, 6.45) is 4.38. The quantitative estimate of drug-likeness (QED) is 0.856. The number of amides is 1. The summed E-state index contributed by atoms with van der Waals surface area (Å²) in [6.45, 7) is 6.19. The average molecular weight is 262 g/mol. The number of carbonyl (C=O) groups excluding carboxylic acids is 1. The van der Waals surface area contributed by atoms with Crippen LogP contribution in [0.3, 0.4) is 0 Å². The van der Waals surface area contributed by atoms with Gasteiger partial charge in [-0.1, -0.05) is 13.0 Å². The fourth-order valence-corrected chi connectivity index (χ4v) is 2.29. The lowest BCUT2D eigenvalue weighted by molar-refractivity contribution is -0.134. The van der Waals surface area contributed by atoms with Crippen LogP contribution >= 0.6 is 0 Å². The van der Waals surface area contributed by atoms with E-state index in [1.165, 1.54) is 5.56 Å². The Kier molecular flexibility index (Phi) is 4.87. The second-order valence-corrected chi connectivity index (χ2v) is 4.98. The number of hydrogen-bond acceptors (Lipinski definition) is 4. The molecule has 1 aromatic rings. The fraction of sp³-hybridized carbons (Fsp3) is 0.571. The molecule has 0 aliphatic carbocycles. The molecule has 2 heterocycles. The molecule has 0 bridgehead atoms. The Balaban J connectivity index is 1.81. The van der Waals surface area contributed by atoms with E-state index in [2.05, 4.69) is 16.0 Å². The van der Waals surface area contributed by atoms with Crippen molar-refractivity contribution in [3.8, 4) is 0 Å². The molecule has 0 radical (unpaired) electrons. The molecule has 2 rings (SSSR count). The first-order valence-corrected chi connectivity index (χ1v) is 6.86. The van der Waals surface area contributed by atoms with Crippen molar-refractivity contribution in [2.75, 3.05) is 26.2 Å². The van der Waals surface area contributed by atoms with Gasteiger partial charge in [0, 0.05) is 45.1 Å². The Labute approximate surface area is 114 Å². The predicted molar refractivity (Wildman–Crippen MR) is 74.4 cm³/mol. The topological polar surface area (TPSA) is 62.5 Å². The summed E-state index contributed by atoms with van der Waals surface area (Å²) in [5, 5.41) is 0. The van der Waals surface area contributed by atoms with E-state index in [1.54, 1.807) is 6.20 Å². The first-order chi connectivity index (χ1) is 9.20. The zero-order chi connectivity index (χ0) is 13.7. The van der Waals surface area contributed by atoms with Crippen molar-refractivity contribution in [1.82, 2.24) is 14.8 Å². The molecule has 0 aromatic carbocycles. The molecule has 0 unspecified atom stereocenters. The summed E-state index contributed by atoms with van der Waals surface area (Å²) in [4.78, 5) is 20.3. The van der Waals surface area contributed by atoms with E-state index < -0.39 is 0 Å². The number of carbonyl (C=O) groups is 1. The summed E-state index contributed by atoms with van der Waals surface area (Å²) < 4.78 is 0. The van der Waals surface area contributed by atoms with E-state index in [4.69, 9.17) is 5.73 Å². The van der Waals surface area contributed by atoms with Gasteiger partial charge in [-0.25, -0.2) is 0 Å². The monoisotopic (exact) mass is 262 g/mol. The molecule has 19 heavy (non-hydrogen) atoms. The van der Waals surface area contributed by atoms with Gasteiger partial charge in [0.15, 0.2) is 0 Å². The van der Waals surface area contributed by atoms with Crippen molar-refractivity contribution >= 4 is 5.91 Å². The molecular weight excluding hydrogens is 240 g/mol. The van der Waals surface area contributed by atoms with Gasteiger partial charge >= 0.3 is 0 Å². The van der Waals surface area contributed by atoms with Crippen LogP contribution in [0.1, 0.15) is 18.9 Å². The standard InChI is InChI=1S/C14H22N4O/c1-2-13(15)14(19)18-8-6-17(7-9-18)11-12-4-3-5-16-10-12/h3-5,10,13H,2,6-9,11,15H2,1H3/t13-/m0/s1. The molecule has 1 amide bonds. The second kappa shape index (κ2) is 6.63. The first kappa shape index (κ1) is 14.0. The summed E-state index contributed by atoms with van der Waals surface area (Å²) in [6, 6.07) is 3.69. The molecule has 1 aromatic heterocycles. The molecule has 0 spiro atoms. The van der Waals surface area contributed by atoms with Crippen LogP contribution in [-0.4, -0.2) is 52.9 Å². The van der Waals surface area contributed by atoms with Gasteiger partial charge in [0.25, 0.3) is 0 Å². The third-order valence-electron chi connectivity index (χ3n) is 3.57. The zero-order valence-electron chi connectivity index (χ0n) is 11.5. The third-order valence-corrected chi connectivity index (χ3v) is 3.57. The molecule has 2 N–H and O–H groups in total. The Morgan fingerprint density at radius 3 is 2.74 bits per heavy atom. The van der Waals surface area contributed by atoms with E-state index >= 15 is 0 Å². The number of pyridine rings is 1. The number of aromatic nitrogens is 1. The van der Waals surface area contributed by atoms with Crippen molar-refractivity contribution in [1.29, 1.82) is 0 Å². The van der Waals surface area contributed by atoms with Crippen LogP contribution in [0.4, 0.5) is 0 Å². The maximum Gasteiger partial charge on any atom is 0.239 e. The lowest BCUT2D eigenvalue weighted by Gasteiger charge is -2.35. The van der Waals surface area contributed by atoms with Gasteiger partial charge in [-0.05, 0) is 18.1 Å². The number of nitrogens with two attached hydrogens (primary N) is 1. The molecule has 104 valence electrons. The van der Waals surface area contributed by atoms with Crippen molar-refractivity contribution in [3.63, 3.8) is 0 Å². The number of rotatable bonds is 4. The summed E-state index contributed by atoms with van der Waals surface area (Å²) >= 11 is 0. The number of hydrogen-bond donors (Lipinski definition) is 1. The second-order valence-electron chi connectivity index (χ2n) is 4.98. The highest BCUT2D eigenvalue weighted by Crippen LogP contribution is 2.08. The summed E-state index contributed by atoms with van der Waals surface area (Å²) in [7, 11) is 0. The number of nitrogens with zero attached hydrogens (tertiary/aromatic N) is 3. The minimum Gasteiger partial charge on any atom is -0.339 e. The van der Waals surface area contributed by atoms with Crippen LogP contribution < -0.4 is 5.73 Å². The van der Waals surface area contributed by atoms with Crippen molar-refractivity contribution in [2.45, 2.75) is 25.9 Å². The maximum atomic E-state index is 12.0. The Morgan fingerprint density at radius 2 is 2.16 bits per heavy atom. The fourth-order valence-electron chi connectivity index (χ4n) is 2.29. The minimum absolute atomic E-state index is 0.0866. The summed E-state index contributed by atoms with van der Waals surface area (Å²) in [5.74, 6) is 0.0866. The molecule has 0 saturated carbocycles. The zero-order valence-corrected chi connectivity index (χ0v) is 11.5.